The van der Waals surface area contributed by atoms with E-state index < -0.39 is 6.10 Å². The Morgan fingerprint density at radius 1 is 1.00 bits per heavy atom. The minimum atomic E-state index is -0.643. The van der Waals surface area contributed by atoms with Crippen molar-refractivity contribution in [3.63, 3.8) is 0 Å². The number of nitrogens with zero attached hydrogens (tertiary/aromatic N) is 4. The maximum Gasteiger partial charge on any atom is 0.326 e. The van der Waals surface area contributed by atoms with Crippen LogP contribution in [0.4, 0.5) is 22.1 Å². The number of aromatic nitrogens is 4. The Kier molecular flexibility index (Phi) is 8.46. The summed E-state index contributed by atoms with van der Waals surface area (Å²) in [5.74, 6) is 0.298. The lowest BCUT2D eigenvalue weighted by Crippen LogP contribution is -2.34. The van der Waals surface area contributed by atoms with Gasteiger partial charge in [-0.3, -0.25) is 15.0 Å². The average Bonchev–Trinajstić information content (AvgIpc) is 3.50. The molecule has 0 aliphatic heterocycles. The summed E-state index contributed by atoms with van der Waals surface area (Å²) in [4.78, 5) is 27.8. The summed E-state index contributed by atoms with van der Waals surface area (Å²) in [5.41, 5.74) is 4.67. The minimum absolute atomic E-state index is 0.0910. The average molecular weight is 540 g/mol. The molecule has 1 fully saturated rings. The minimum Gasteiger partial charge on any atom is -0.389 e. The Hall–Kier alpha value is -4.57. The molecule has 5 rings (SSSR count). The Bertz CT molecular complexity index is 1410. The molecule has 40 heavy (non-hydrogen) atoms. The van der Waals surface area contributed by atoms with E-state index in [1.807, 2.05) is 30.3 Å². The second-order valence-electron chi connectivity index (χ2n) is 10.1. The number of aliphatic hydroxyl groups is 1. The van der Waals surface area contributed by atoms with Crippen molar-refractivity contribution in [3.8, 4) is 0 Å². The number of carbonyl (C=O) groups is 2. The highest BCUT2D eigenvalue weighted by Gasteiger charge is 2.20. The summed E-state index contributed by atoms with van der Waals surface area (Å²) < 4.78 is 0. The highest BCUT2D eigenvalue weighted by molar-refractivity contribution is 6.03. The molecule has 0 bridgehead atoms. The second kappa shape index (κ2) is 12.5. The molecule has 4 N–H and O–H groups in total. The van der Waals surface area contributed by atoms with Gasteiger partial charge in [-0.1, -0.05) is 60.8 Å². The zero-order chi connectivity index (χ0) is 27.9. The van der Waals surface area contributed by atoms with Crippen LogP contribution in [0.2, 0.25) is 0 Å². The molecule has 1 atom stereocenters. The molecular weight excluding hydrogens is 506 g/mol. The van der Waals surface area contributed by atoms with Gasteiger partial charge in [0.25, 0.3) is 11.9 Å². The number of aliphatic hydroxyl groups excluding tert-OH is 1. The van der Waals surface area contributed by atoms with Gasteiger partial charge in [-0.25, -0.2) is 4.79 Å². The third-order valence-corrected chi connectivity index (χ3v) is 7.27. The molecule has 1 aliphatic rings. The first kappa shape index (κ1) is 27.0. The molecule has 1 aromatic heterocycles. The van der Waals surface area contributed by atoms with Gasteiger partial charge in [0.1, 0.15) is 0 Å². The van der Waals surface area contributed by atoms with Crippen molar-refractivity contribution in [3.05, 3.63) is 95.1 Å². The van der Waals surface area contributed by atoms with Crippen molar-refractivity contribution in [2.24, 2.45) is 0 Å². The topological polar surface area (TPSA) is 136 Å². The first-order valence-corrected chi connectivity index (χ1v) is 13.6. The Balaban J connectivity index is 1.36. The maximum absolute atomic E-state index is 13.6. The number of H-pyrrole nitrogens is 1. The summed E-state index contributed by atoms with van der Waals surface area (Å²) in [6.45, 7) is 1.98. The molecule has 1 unspecified atom stereocenters. The molecule has 1 aliphatic carbocycles. The van der Waals surface area contributed by atoms with Crippen LogP contribution in [-0.4, -0.2) is 37.7 Å². The molecule has 0 radical (unpaired) electrons. The molecular formula is C30H33N7O3. The maximum atomic E-state index is 13.6. The van der Waals surface area contributed by atoms with Crippen molar-refractivity contribution in [2.75, 3.05) is 15.5 Å². The van der Waals surface area contributed by atoms with Crippen molar-refractivity contribution in [1.82, 2.24) is 20.6 Å². The molecule has 1 heterocycles. The van der Waals surface area contributed by atoms with Gasteiger partial charge in [0.2, 0.25) is 0 Å². The Labute approximate surface area is 232 Å². The molecule has 4 aromatic rings. The van der Waals surface area contributed by atoms with E-state index in [1.54, 1.807) is 42.2 Å². The standard InChI is InChI=1S/C30H33N7O3/c1-20(38)25-8-5-9-26(18-25)31-30(40)37(27-16-14-23(15-17-27)22-6-3-2-4-7-22)19-21-10-12-24(13-11-21)28(39)32-29-33-35-36-34-29/h5,8-18,20,22,38H,2-4,6-7,19H2,1H3,(H,31,40)(H2,32,33,34,35,36,39). The van der Waals surface area contributed by atoms with Crippen LogP contribution >= 0.6 is 0 Å². The fraction of sp³-hybridized carbons (Fsp3) is 0.300. The van der Waals surface area contributed by atoms with Crippen LogP contribution in [0.1, 0.15) is 78.1 Å². The van der Waals surface area contributed by atoms with E-state index in [2.05, 4.69) is 43.4 Å². The van der Waals surface area contributed by atoms with Crippen LogP contribution in [0.25, 0.3) is 0 Å². The van der Waals surface area contributed by atoms with Gasteiger partial charge in [0, 0.05) is 16.9 Å². The van der Waals surface area contributed by atoms with E-state index in [0.29, 0.717) is 17.2 Å². The predicted octanol–water partition coefficient (Wildman–Crippen LogP) is 5.79. The van der Waals surface area contributed by atoms with E-state index in [1.165, 1.54) is 37.7 Å². The van der Waals surface area contributed by atoms with Crippen molar-refractivity contribution >= 4 is 29.3 Å². The number of amides is 3. The van der Waals surface area contributed by atoms with Crippen molar-refractivity contribution < 1.29 is 14.7 Å². The molecule has 10 heteroatoms. The predicted molar refractivity (Wildman–Crippen MR) is 153 cm³/mol. The molecule has 1 saturated carbocycles. The van der Waals surface area contributed by atoms with Crippen LogP contribution in [0.3, 0.4) is 0 Å². The summed E-state index contributed by atoms with van der Waals surface area (Å²) in [5, 5.41) is 28.7. The SMILES string of the molecule is CC(O)c1cccc(NC(=O)N(Cc2ccc(C(=O)Nc3nn[nH]n3)cc2)c2ccc(C3CCCCC3)cc2)c1. The van der Waals surface area contributed by atoms with Gasteiger partial charge in [0.15, 0.2) is 0 Å². The normalized spacial score (nSPS) is 14.3. The Morgan fingerprint density at radius 3 is 2.42 bits per heavy atom. The second-order valence-corrected chi connectivity index (χ2v) is 10.1. The quantitative estimate of drug-likeness (QED) is 0.224. The van der Waals surface area contributed by atoms with Gasteiger partial charge in [-0.15, -0.1) is 5.10 Å². The lowest BCUT2D eigenvalue weighted by atomic mass is 9.84. The highest BCUT2D eigenvalue weighted by atomic mass is 16.3. The molecule has 3 amide bonds. The van der Waals surface area contributed by atoms with Crippen LogP contribution < -0.4 is 15.5 Å². The summed E-state index contributed by atoms with van der Waals surface area (Å²) in [6, 6.07) is 22.2. The number of carbonyl (C=O) groups excluding carboxylic acids is 2. The van der Waals surface area contributed by atoms with Gasteiger partial charge in [0.05, 0.1) is 12.6 Å². The lowest BCUT2D eigenvalue weighted by Gasteiger charge is -2.26. The van der Waals surface area contributed by atoms with Gasteiger partial charge in [-0.05, 0) is 84.0 Å². The van der Waals surface area contributed by atoms with E-state index in [-0.39, 0.29) is 24.4 Å². The monoisotopic (exact) mass is 539 g/mol. The largest absolute Gasteiger partial charge is 0.389 e. The van der Waals surface area contributed by atoms with E-state index in [9.17, 15) is 14.7 Å². The fourth-order valence-electron chi connectivity index (χ4n) is 5.04. The molecule has 0 saturated heterocycles. The number of hydrogen-bond donors (Lipinski definition) is 4. The van der Waals surface area contributed by atoms with Crippen molar-refractivity contribution in [2.45, 2.75) is 57.6 Å². The zero-order valence-corrected chi connectivity index (χ0v) is 22.4. The highest BCUT2D eigenvalue weighted by Crippen LogP contribution is 2.33. The van der Waals surface area contributed by atoms with Gasteiger partial charge < -0.3 is 10.4 Å². The molecule has 0 spiro atoms. The number of anilines is 3. The number of nitrogens with one attached hydrogen (secondary N) is 3. The van der Waals surface area contributed by atoms with Crippen LogP contribution in [0.5, 0.6) is 0 Å². The summed E-state index contributed by atoms with van der Waals surface area (Å²) in [7, 11) is 0. The number of benzene rings is 3. The van der Waals surface area contributed by atoms with Crippen molar-refractivity contribution in [1.29, 1.82) is 0 Å². The zero-order valence-electron chi connectivity index (χ0n) is 22.4. The van der Waals surface area contributed by atoms with Gasteiger partial charge in [-0.2, -0.15) is 5.21 Å². The van der Waals surface area contributed by atoms with Gasteiger partial charge >= 0.3 is 6.03 Å². The summed E-state index contributed by atoms with van der Waals surface area (Å²) >= 11 is 0. The summed E-state index contributed by atoms with van der Waals surface area (Å²) in [6.07, 6.45) is 5.59. The molecule has 10 nitrogen and oxygen atoms in total. The number of urea groups is 1. The van der Waals surface area contributed by atoms with E-state index >= 15 is 0 Å². The third-order valence-electron chi connectivity index (χ3n) is 7.27. The third kappa shape index (κ3) is 6.70. The first-order valence-electron chi connectivity index (χ1n) is 13.6. The number of rotatable bonds is 8. The lowest BCUT2D eigenvalue weighted by molar-refractivity contribution is 0.102. The van der Waals surface area contributed by atoms with E-state index in [0.717, 1.165) is 16.8 Å². The number of hydrogen-bond acceptors (Lipinski definition) is 6. The van der Waals surface area contributed by atoms with Crippen LogP contribution in [0, 0.1) is 0 Å². The van der Waals surface area contributed by atoms with Crippen LogP contribution in [-0.2, 0) is 6.54 Å². The fourth-order valence-corrected chi connectivity index (χ4v) is 5.04. The number of tetrazole rings is 1. The molecule has 3 aromatic carbocycles. The first-order chi connectivity index (χ1) is 19.5. The molecule has 206 valence electrons. The smallest absolute Gasteiger partial charge is 0.326 e. The van der Waals surface area contributed by atoms with E-state index in [4.69, 9.17) is 0 Å². The van der Waals surface area contributed by atoms with Crippen LogP contribution in [0.15, 0.2) is 72.8 Å². The number of aromatic amines is 1. The Morgan fingerprint density at radius 2 is 1.75 bits per heavy atom.